The van der Waals surface area contributed by atoms with E-state index in [1.165, 1.54) is 0 Å². The van der Waals surface area contributed by atoms with Gasteiger partial charge in [0.05, 0.1) is 11.7 Å². The lowest BCUT2D eigenvalue weighted by Gasteiger charge is -2.18. The predicted molar refractivity (Wildman–Crippen MR) is 49.8 cm³/mol. The van der Waals surface area contributed by atoms with Crippen molar-refractivity contribution in [1.82, 2.24) is 0 Å². The first-order chi connectivity index (χ1) is 6.56. The zero-order chi connectivity index (χ0) is 10.7. The van der Waals surface area contributed by atoms with Gasteiger partial charge in [0.1, 0.15) is 5.76 Å². The monoisotopic (exact) mass is 198 g/mol. The van der Waals surface area contributed by atoms with Crippen molar-refractivity contribution in [3.05, 3.63) is 11.3 Å². The van der Waals surface area contributed by atoms with Crippen LogP contribution in [0.15, 0.2) is 11.3 Å². The van der Waals surface area contributed by atoms with Crippen molar-refractivity contribution in [3.8, 4) is 0 Å². The summed E-state index contributed by atoms with van der Waals surface area (Å²) >= 11 is 0. The Morgan fingerprint density at radius 3 is 2.29 bits per heavy atom. The van der Waals surface area contributed by atoms with E-state index in [-0.39, 0.29) is 24.2 Å². The summed E-state index contributed by atoms with van der Waals surface area (Å²) in [6, 6.07) is 0. The second-order valence-electron chi connectivity index (χ2n) is 3.48. The molecule has 0 saturated heterocycles. The topological polar surface area (TPSA) is 74.6 Å². The van der Waals surface area contributed by atoms with Gasteiger partial charge in [-0.25, -0.2) is 0 Å². The number of aliphatic hydroxyl groups excluding tert-OH is 2. The number of allylic oxidation sites excluding steroid dienone is 2. The van der Waals surface area contributed by atoms with Crippen molar-refractivity contribution in [2.24, 2.45) is 0 Å². The number of hydrogen-bond acceptors (Lipinski definition) is 4. The second-order valence-corrected chi connectivity index (χ2v) is 3.48. The van der Waals surface area contributed by atoms with Crippen LogP contribution in [-0.4, -0.2) is 27.9 Å². The minimum Gasteiger partial charge on any atom is -0.511 e. The molecule has 0 amide bonds. The molecule has 0 aromatic carbocycles. The number of aliphatic hydroxyl groups is 2. The van der Waals surface area contributed by atoms with Crippen molar-refractivity contribution < 1.29 is 19.8 Å². The molecule has 4 heteroatoms. The smallest absolute Gasteiger partial charge is 0.172 e. The molecule has 0 bridgehead atoms. The highest BCUT2D eigenvalue weighted by molar-refractivity contribution is 6.22. The molecule has 1 aliphatic rings. The normalized spacial score (nSPS) is 22.7. The minimum absolute atomic E-state index is 0.0607. The quantitative estimate of drug-likeness (QED) is 0.392. The molecule has 0 aromatic rings. The largest absolute Gasteiger partial charge is 0.511 e. The lowest BCUT2D eigenvalue weighted by atomic mass is 9.88. The maximum absolute atomic E-state index is 11.3. The number of carbonyl (C=O) groups is 2. The highest BCUT2D eigenvalue weighted by Gasteiger charge is 2.31. The van der Waals surface area contributed by atoms with E-state index in [1.807, 2.05) is 6.92 Å². The molecule has 1 aliphatic carbocycles. The standard InChI is InChI=1S/C10H14O4/c1-2-3-7(12)10-8(13)4-6(11)5-9(10)14/h6,11-12H,2-5H2,1H3. The fourth-order valence-corrected chi connectivity index (χ4v) is 1.54. The van der Waals surface area contributed by atoms with Crippen LogP contribution in [0.2, 0.25) is 0 Å². The molecule has 4 nitrogen and oxygen atoms in total. The summed E-state index contributed by atoms with van der Waals surface area (Å²) in [6.45, 7) is 1.85. The van der Waals surface area contributed by atoms with Gasteiger partial charge in [-0.2, -0.15) is 0 Å². The van der Waals surface area contributed by atoms with E-state index in [4.69, 9.17) is 5.11 Å². The molecule has 14 heavy (non-hydrogen) atoms. The van der Waals surface area contributed by atoms with Crippen molar-refractivity contribution in [2.45, 2.75) is 38.7 Å². The Labute approximate surface area is 82.2 Å². The van der Waals surface area contributed by atoms with E-state index in [2.05, 4.69) is 0 Å². The predicted octanol–water partition coefficient (Wildman–Crippen LogP) is 0.891. The molecule has 0 heterocycles. The van der Waals surface area contributed by atoms with Gasteiger partial charge in [0.15, 0.2) is 11.6 Å². The van der Waals surface area contributed by atoms with Crippen molar-refractivity contribution in [3.63, 3.8) is 0 Å². The molecule has 0 unspecified atom stereocenters. The Bertz CT molecular complexity index is 270. The van der Waals surface area contributed by atoms with Crippen LogP contribution in [0.1, 0.15) is 32.6 Å². The first kappa shape index (κ1) is 10.9. The highest BCUT2D eigenvalue weighted by atomic mass is 16.3. The van der Waals surface area contributed by atoms with Gasteiger partial charge in [0, 0.05) is 19.3 Å². The molecule has 1 fully saturated rings. The molecule has 0 spiro atoms. The van der Waals surface area contributed by atoms with Gasteiger partial charge in [-0.15, -0.1) is 0 Å². The van der Waals surface area contributed by atoms with Crippen LogP contribution < -0.4 is 0 Å². The van der Waals surface area contributed by atoms with E-state index in [0.717, 1.165) is 0 Å². The summed E-state index contributed by atoms with van der Waals surface area (Å²) in [5.41, 5.74) is -0.0999. The maximum Gasteiger partial charge on any atom is 0.172 e. The van der Waals surface area contributed by atoms with Crippen LogP contribution in [0.5, 0.6) is 0 Å². The SMILES string of the molecule is CCCC(O)=C1C(=O)CC(O)CC1=O. The number of carbonyl (C=O) groups excluding carboxylic acids is 2. The van der Waals surface area contributed by atoms with Crippen LogP contribution in [0.25, 0.3) is 0 Å². The molecule has 0 radical (unpaired) electrons. The van der Waals surface area contributed by atoms with Gasteiger partial charge in [-0.05, 0) is 6.42 Å². The van der Waals surface area contributed by atoms with E-state index < -0.39 is 17.7 Å². The van der Waals surface area contributed by atoms with Gasteiger partial charge in [0.2, 0.25) is 0 Å². The third kappa shape index (κ3) is 2.20. The summed E-state index contributed by atoms with van der Waals surface area (Å²) in [4.78, 5) is 22.7. The maximum atomic E-state index is 11.3. The lowest BCUT2D eigenvalue weighted by Crippen LogP contribution is -2.30. The minimum atomic E-state index is -0.881. The molecule has 1 saturated carbocycles. The summed E-state index contributed by atoms with van der Waals surface area (Å²) in [7, 11) is 0. The third-order valence-electron chi connectivity index (χ3n) is 2.18. The lowest BCUT2D eigenvalue weighted by molar-refractivity contribution is -0.127. The van der Waals surface area contributed by atoms with Crippen LogP contribution in [0.3, 0.4) is 0 Å². The zero-order valence-corrected chi connectivity index (χ0v) is 8.12. The number of hydrogen-bond donors (Lipinski definition) is 2. The molecule has 0 aromatic heterocycles. The average Bonchev–Trinajstić information content (AvgIpc) is 2.01. The molecule has 0 aliphatic heterocycles. The Morgan fingerprint density at radius 1 is 1.36 bits per heavy atom. The van der Waals surface area contributed by atoms with Gasteiger partial charge in [-0.3, -0.25) is 9.59 Å². The molecule has 1 rings (SSSR count). The average molecular weight is 198 g/mol. The van der Waals surface area contributed by atoms with Crippen molar-refractivity contribution in [2.75, 3.05) is 0 Å². The van der Waals surface area contributed by atoms with E-state index in [9.17, 15) is 14.7 Å². The van der Waals surface area contributed by atoms with Gasteiger partial charge >= 0.3 is 0 Å². The van der Waals surface area contributed by atoms with E-state index in [0.29, 0.717) is 12.8 Å². The molecule has 2 N–H and O–H groups in total. The Morgan fingerprint density at radius 2 is 1.86 bits per heavy atom. The third-order valence-corrected chi connectivity index (χ3v) is 2.18. The van der Waals surface area contributed by atoms with Crippen LogP contribution in [0, 0.1) is 0 Å². The summed E-state index contributed by atoms with van der Waals surface area (Å²) in [5.74, 6) is -1.02. The molecule has 0 atom stereocenters. The summed E-state index contributed by atoms with van der Waals surface area (Å²) in [6.07, 6.45) is 0.0126. The molecule has 78 valence electrons. The summed E-state index contributed by atoms with van der Waals surface area (Å²) in [5, 5.41) is 18.6. The number of Topliss-reactive ketones (excluding diaryl/α,β-unsaturated/α-hetero) is 2. The summed E-state index contributed by atoms with van der Waals surface area (Å²) < 4.78 is 0. The molecular weight excluding hydrogens is 184 g/mol. The van der Waals surface area contributed by atoms with Crippen molar-refractivity contribution in [1.29, 1.82) is 0 Å². The van der Waals surface area contributed by atoms with Crippen LogP contribution in [-0.2, 0) is 9.59 Å². The first-order valence-electron chi connectivity index (χ1n) is 4.72. The number of ketones is 2. The fraction of sp³-hybridized carbons (Fsp3) is 0.600. The Kier molecular flexibility index (Phi) is 3.41. The van der Waals surface area contributed by atoms with Gasteiger partial charge in [0.25, 0.3) is 0 Å². The van der Waals surface area contributed by atoms with Gasteiger partial charge < -0.3 is 10.2 Å². The number of rotatable bonds is 2. The van der Waals surface area contributed by atoms with E-state index >= 15 is 0 Å². The van der Waals surface area contributed by atoms with Crippen molar-refractivity contribution >= 4 is 11.6 Å². The van der Waals surface area contributed by atoms with Crippen LogP contribution >= 0.6 is 0 Å². The fourth-order valence-electron chi connectivity index (χ4n) is 1.54. The first-order valence-corrected chi connectivity index (χ1v) is 4.72. The Hall–Kier alpha value is -1.16. The van der Waals surface area contributed by atoms with E-state index in [1.54, 1.807) is 0 Å². The second kappa shape index (κ2) is 4.37. The molecular formula is C10H14O4. The Balaban J connectivity index is 2.92. The zero-order valence-electron chi connectivity index (χ0n) is 8.12. The highest BCUT2D eigenvalue weighted by Crippen LogP contribution is 2.21. The van der Waals surface area contributed by atoms with Crippen LogP contribution in [0.4, 0.5) is 0 Å². The van der Waals surface area contributed by atoms with Gasteiger partial charge in [-0.1, -0.05) is 6.92 Å².